The van der Waals surface area contributed by atoms with Gasteiger partial charge in [0.2, 0.25) is 0 Å². The molecule has 0 unspecified atom stereocenters. The van der Waals surface area contributed by atoms with E-state index in [2.05, 4.69) is 32.4 Å². The number of likely N-dealkylation sites (tertiary alicyclic amines) is 1. The van der Waals surface area contributed by atoms with Crippen molar-refractivity contribution in [1.82, 2.24) is 20.0 Å². The van der Waals surface area contributed by atoms with E-state index in [9.17, 15) is 0 Å². The van der Waals surface area contributed by atoms with Gasteiger partial charge >= 0.3 is 0 Å². The highest BCUT2D eigenvalue weighted by Gasteiger charge is 2.20. The summed E-state index contributed by atoms with van der Waals surface area (Å²) in [4.78, 5) is 11.3. The summed E-state index contributed by atoms with van der Waals surface area (Å²) in [6.45, 7) is 4.17. The van der Waals surface area contributed by atoms with Crippen molar-refractivity contribution in [3.63, 3.8) is 0 Å². The fourth-order valence-electron chi connectivity index (χ4n) is 4.02. The molecule has 0 bridgehead atoms. The van der Waals surface area contributed by atoms with Gasteiger partial charge in [-0.05, 0) is 57.1 Å². The molecule has 0 aliphatic carbocycles. The summed E-state index contributed by atoms with van der Waals surface area (Å²) in [7, 11) is 2.14. The number of halogens is 1. The molecule has 176 valence electrons. The van der Waals surface area contributed by atoms with Crippen molar-refractivity contribution in [2.24, 2.45) is 0 Å². The zero-order valence-electron chi connectivity index (χ0n) is 19.1. The predicted octanol–water partition coefficient (Wildman–Crippen LogP) is 5.38. The number of rotatable bonds is 7. The normalized spacial score (nSPS) is 14.9. The second kappa shape index (κ2) is 9.87. The molecule has 1 fully saturated rings. The molecular formula is C25H26ClN5O3. The number of aryl methyl sites for hydroxylation is 1. The summed E-state index contributed by atoms with van der Waals surface area (Å²) in [5.74, 6) is 2.64. The average molecular weight is 480 g/mol. The predicted molar refractivity (Wildman–Crippen MR) is 131 cm³/mol. The maximum atomic E-state index is 6.48. The highest BCUT2D eigenvalue weighted by atomic mass is 35.5. The Bertz CT molecular complexity index is 1280. The van der Waals surface area contributed by atoms with Crippen LogP contribution in [-0.4, -0.2) is 46.3 Å². The quantitative estimate of drug-likeness (QED) is 0.378. The fraction of sp³-hybridized carbons (Fsp3) is 0.320. The smallest absolute Gasteiger partial charge is 0.174 e. The van der Waals surface area contributed by atoms with Crippen LogP contribution in [0.15, 0.2) is 53.3 Å². The van der Waals surface area contributed by atoms with Crippen molar-refractivity contribution in [3.05, 3.63) is 65.3 Å². The van der Waals surface area contributed by atoms with Crippen molar-refractivity contribution in [2.45, 2.75) is 32.5 Å². The van der Waals surface area contributed by atoms with Crippen molar-refractivity contribution in [1.29, 1.82) is 0 Å². The molecule has 5 rings (SSSR count). The minimum atomic E-state index is 0.175. The molecule has 9 heteroatoms. The molecule has 1 aliphatic rings. The molecule has 0 amide bonds. The van der Waals surface area contributed by atoms with Gasteiger partial charge in [0, 0.05) is 24.8 Å². The molecule has 0 spiro atoms. The molecule has 0 radical (unpaired) electrons. The molecule has 34 heavy (non-hydrogen) atoms. The van der Waals surface area contributed by atoms with Crippen LogP contribution in [0.2, 0.25) is 5.02 Å². The minimum absolute atomic E-state index is 0.175. The first-order valence-corrected chi connectivity index (χ1v) is 11.6. The minimum Gasteiger partial charge on any atom is -0.489 e. The summed E-state index contributed by atoms with van der Waals surface area (Å²) in [5, 5.41) is 8.55. The van der Waals surface area contributed by atoms with Crippen LogP contribution < -0.4 is 14.8 Å². The molecule has 8 nitrogen and oxygen atoms in total. The number of ether oxygens (including phenoxy) is 2. The van der Waals surface area contributed by atoms with Crippen LogP contribution >= 0.6 is 11.6 Å². The summed E-state index contributed by atoms with van der Waals surface area (Å²) in [6.07, 6.45) is 3.71. The first kappa shape index (κ1) is 22.4. The molecule has 4 aromatic rings. The summed E-state index contributed by atoms with van der Waals surface area (Å²) in [6, 6.07) is 13.2. The van der Waals surface area contributed by atoms with Crippen molar-refractivity contribution < 1.29 is 14.0 Å². The number of nitrogens with one attached hydrogen (secondary N) is 1. The maximum absolute atomic E-state index is 6.48. The Labute approximate surface area is 202 Å². The Morgan fingerprint density at radius 2 is 1.97 bits per heavy atom. The van der Waals surface area contributed by atoms with Gasteiger partial charge in [0.15, 0.2) is 5.76 Å². The highest BCUT2D eigenvalue weighted by molar-refractivity contribution is 6.32. The first-order chi connectivity index (χ1) is 16.5. The van der Waals surface area contributed by atoms with Crippen molar-refractivity contribution in [3.8, 4) is 11.5 Å². The number of hydrogen-bond acceptors (Lipinski definition) is 8. The largest absolute Gasteiger partial charge is 0.489 e. The second-order valence-electron chi connectivity index (χ2n) is 8.49. The summed E-state index contributed by atoms with van der Waals surface area (Å²) < 4.78 is 17.4. The van der Waals surface area contributed by atoms with Crippen LogP contribution in [0.3, 0.4) is 0 Å². The van der Waals surface area contributed by atoms with Gasteiger partial charge in [0.1, 0.15) is 36.4 Å². The molecule has 1 aliphatic heterocycles. The monoisotopic (exact) mass is 479 g/mol. The van der Waals surface area contributed by atoms with Crippen LogP contribution in [-0.2, 0) is 6.61 Å². The Morgan fingerprint density at radius 3 is 2.74 bits per heavy atom. The second-order valence-corrected chi connectivity index (χ2v) is 8.89. The number of anilines is 2. The van der Waals surface area contributed by atoms with E-state index in [0.29, 0.717) is 22.4 Å². The van der Waals surface area contributed by atoms with Gasteiger partial charge in [-0.1, -0.05) is 22.8 Å². The van der Waals surface area contributed by atoms with E-state index in [1.807, 2.05) is 43.3 Å². The van der Waals surface area contributed by atoms with Crippen LogP contribution in [0.1, 0.15) is 24.3 Å². The van der Waals surface area contributed by atoms with Gasteiger partial charge in [-0.25, -0.2) is 9.97 Å². The van der Waals surface area contributed by atoms with Gasteiger partial charge in [-0.3, -0.25) is 0 Å². The third-order valence-corrected chi connectivity index (χ3v) is 6.12. The Kier molecular flexibility index (Phi) is 6.51. The fourth-order valence-corrected chi connectivity index (χ4v) is 4.25. The number of hydrogen-bond donors (Lipinski definition) is 1. The van der Waals surface area contributed by atoms with Gasteiger partial charge in [-0.15, -0.1) is 0 Å². The van der Waals surface area contributed by atoms with E-state index < -0.39 is 0 Å². The van der Waals surface area contributed by atoms with Crippen LogP contribution in [0.4, 0.5) is 11.5 Å². The molecule has 1 saturated heterocycles. The first-order valence-electron chi connectivity index (χ1n) is 11.3. The highest BCUT2D eigenvalue weighted by Crippen LogP contribution is 2.35. The van der Waals surface area contributed by atoms with Crippen molar-refractivity contribution >= 4 is 34.0 Å². The van der Waals surface area contributed by atoms with Crippen molar-refractivity contribution in [2.75, 3.05) is 25.5 Å². The topological polar surface area (TPSA) is 85.5 Å². The maximum Gasteiger partial charge on any atom is 0.174 e. The third-order valence-electron chi connectivity index (χ3n) is 5.83. The lowest BCUT2D eigenvalue weighted by Crippen LogP contribution is -2.35. The molecule has 0 saturated carbocycles. The molecule has 2 aromatic heterocycles. The van der Waals surface area contributed by atoms with Crippen LogP contribution in [0.5, 0.6) is 11.5 Å². The Hall–Kier alpha value is -3.36. The van der Waals surface area contributed by atoms with E-state index in [-0.39, 0.29) is 12.7 Å². The van der Waals surface area contributed by atoms with E-state index in [0.717, 1.165) is 54.0 Å². The lowest BCUT2D eigenvalue weighted by molar-refractivity contribution is 0.116. The molecule has 0 atom stereocenters. The number of piperidine rings is 1. The zero-order chi connectivity index (χ0) is 23.5. The Balaban J connectivity index is 1.35. The summed E-state index contributed by atoms with van der Waals surface area (Å²) in [5.41, 5.74) is 2.40. The summed E-state index contributed by atoms with van der Waals surface area (Å²) >= 11 is 6.48. The van der Waals surface area contributed by atoms with Gasteiger partial charge in [0.25, 0.3) is 0 Å². The number of fused-ring (bicyclic) bond motifs is 1. The standard InChI is InChI=1S/C25H26ClN5O3/c1-16-12-19(34-30-16)14-32-22-7-6-17(13-20(22)26)29-25-24-21(27-15-28-25)4-3-5-23(24)33-18-8-10-31(2)11-9-18/h3-7,12-13,15,18H,8-11,14H2,1-2H3,(H,27,28,29). The number of nitrogens with zero attached hydrogens (tertiary/aromatic N) is 4. The van der Waals surface area contributed by atoms with Crippen LogP contribution in [0, 0.1) is 6.92 Å². The SMILES string of the molecule is Cc1cc(COc2ccc(Nc3ncnc4cccc(OC5CCN(C)CC5)c34)cc2Cl)on1. The molecule has 1 N–H and O–H groups in total. The number of benzene rings is 2. The van der Waals surface area contributed by atoms with Gasteiger partial charge in [-0.2, -0.15) is 0 Å². The Morgan fingerprint density at radius 1 is 1.12 bits per heavy atom. The van der Waals surface area contributed by atoms with E-state index in [1.54, 1.807) is 12.4 Å². The zero-order valence-corrected chi connectivity index (χ0v) is 19.9. The average Bonchev–Trinajstić information content (AvgIpc) is 3.25. The van der Waals surface area contributed by atoms with E-state index in [4.69, 9.17) is 25.6 Å². The molecule has 3 heterocycles. The molecular weight excluding hydrogens is 454 g/mol. The van der Waals surface area contributed by atoms with Gasteiger partial charge in [0.05, 0.1) is 21.6 Å². The number of aromatic nitrogens is 3. The lowest BCUT2D eigenvalue weighted by Gasteiger charge is -2.29. The van der Waals surface area contributed by atoms with E-state index in [1.165, 1.54) is 0 Å². The third kappa shape index (κ3) is 5.08. The van der Waals surface area contributed by atoms with Gasteiger partial charge < -0.3 is 24.2 Å². The van der Waals surface area contributed by atoms with Crippen LogP contribution in [0.25, 0.3) is 10.9 Å². The molecule has 2 aromatic carbocycles. The van der Waals surface area contributed by atoms with E-state index >= 15 is 0 Å². The lowest BCUT2D eigenvalue weighted by atomic mass is 10.1.